The third-order valence-corrected chi connectivity index (χ3v) is 4.00. The summed E-state index contributed by atoms with van der Waals surface area (Å²) in [5.41, 5.74) is 2.42. The zero-order chi connectivity index (χ0) is 13.9. The number of nitrogens with one attached hydrogen (secondary N) is 1. The number of amides is 1. The van der Waals surface area contributed by atoms with E-state index in [-0.39, 0.29) is 11.9 Å². The van der Waals surface area contributed by atoms with Crippen molar-refractivity contribution in [3.63, 3.8) is 0 Å². The molecule has 0 aromatic heterocycles. The van der Waals surface area contributed by atoms with E-state index in [4.69, 9.17) is 4.74 Å². The molecule has 2 heterocycles. The number of carbonyl (C=O) groups excluding carboxylic acids is 1. The van der Waals surface area contributed by atoms with E-state index in [1.165, 1.54) is 11.3 Å². The molecule has 0 aliphatic carbocycles. The van der Waals surface area contributed by atoms with Crippen molar-refractivity contribution in [2.45, 2.75) is 12.6 Å². The topological polar surface area (TPSA) is 44.8 Å². The van der Waals surface area contributed by atoms with E-state index in [0.29, 0.717) is 19.8 Å². The molecular weight excluding hydrogens is 254 g/mol. The number of morpholine rings is 1. The van der Waals surface area contributed by atoms with Crippen molar-refractivity contribution < 1.29 is 9.53 Å². The molecule has 1 amide bonds. The molecule has 1 atom stereocenters. The third-order valence-electron chi connectivity index (χ3n) is 4.00. The molecule has 3 rings (SSSR count). The molecule has 1 unspecified atom stereocenters. The van der Waals surface area contributed by atoms with E-state index in [9.17, 15) is 4.79 Å². The van der Waals surface area contributed by atoms with Gasteiger partial charge in [0.1, 0.15) is 6.04 Å². The zero-order valence-electron chi connectivity index (χ0n) is 11.8. The van der Waals surface area contributed by atoms with Gasteiger partial charge in [-0.05, 0) is 11.6 Å². The van der Waals surface area contributed by atoms with Gasteiger partial charge in [0.25, 0.3) is 0 Å². The molecule has 1 aromatic rings. The number of rotatable bonds is 1. The number of hydrogen-bond acceptors (Lipinski definition) is 4. The Bertz CT molecular complexity index is 486. The lowest BCUT2D eigenvalue weighted by Gasteiger charge is -2.29. The van der Waals surface area contributed by atoms with Crippen LogP contribution in [0.2, 0.25) is 0 Å². The lowest BCUT2D eigenvalue weighted by Crippen LogP contribution is -2.52. The van der Waals surface area contributed by atoms with Crippen molar-refractivity contribution in [1.82, 2.24) is 10.2 Å². The number of likely N-dealkylation sites (N-methyl/N-ethyl adjacent to an activating group) is 1. The van der Waals surface area contributed by atoms with Crippen molar-refractivity contribution in [3.05, 3.63) is 29.8 Å². The highest BCUT2D eigenvalue weighted by atomic mass is 16.5. The molecule has 0 radical (unpaired) electrons. The van der Waals surface area contributed by atoms with Crippen molar-refractivity contribution >= 4 is 11.6 Å². The number of carbonyl (C=O) groups is 1. The molecule has 20 heavy (non-hydrogen) atoms. The van der Waals surface area contributed by atoms with E-state index in [0.717, 1.165) is 19.6 Å². The largest absolute Gasteiger partial charge is 0.378 e. The standard InChI is InChI=1S/C15H21N3O2/c1-17-7-8-18(10-12-4-2-3-5-14(12)17)15(19)13-11-20-9-6-16-13/h2-5,13,16H,6-11H2,1H3. The number of nitrogens with zero attached hydrogens (tertiary/aromatic N) is 2. The number of para-hydroxylation sites is 1. The van der Waals surface area contributed by atoms with Gasteiger partial charge in [0.2, 0.25) is 5.91 Å². The molecule has 2 aliphatic heterocycles. The summed E-state index contributed by atoms with van der Waals surface area (Å²) in [4.78, 5) is 16.7. The summed E-state index contributed by atoms with van der Waals surface area (Å²) >= 11 is 0. The van der Waals surface area contributed by atoms with Crippen LogP contribution in [-0.4, -0.2) is 56.7 Å². The van der Waals surface area contributed by atoms with E-state index in [1.807, 2.05) is 17.0 Å². The first kappa shape index (κ1) is 13.4. The Kier molecular flexibility index (Phi) is 3.89. The van der Waals surface area contributed by atoms with Crippen molar-refractivity contribution in [3.8, 4) is 0 Å². The van der Waals surface area contributed by atoms with E-state index < -0.39 is 0 Å². The Morgan fingerprint density at radius 3 is 3.00 bits per heavy atom. The highest BCUT2D eigenvalue weighted by Gasteiger charge is 2.28. The second kappa shape index (κ2) is 5.81. The second-order valence-electron chi connectivity index (χ2n) is 5.39. The van der Waals surface area contributed by atoms with Gasteiger partial charge in [0.05, 0.1) is 13.2 Å². The molecule has 5 heteroatoms. The van der Waals surface area contributed by atoms with Gasteiger partial charge in [-0.1, -0.05) is 18.2 Å². The molecule has 1 fully saturated rings. The SMILES string of the molecule is CN1CCN(C(=O)C2COCCN2)Cc2ccccc21. The first-order valence-electron chi connectivity index (χ1n) is 7.14. The van der Waals surface area contributed by atoms with Crippen LogP contribution in [-0.2, 0) is 16.1 Å². The van der Waals surface area contributed by atoms with Crippen LogP contribution in [0.1, 0.15) is 5.56 Å². The average molecular weight is 275 g/mol. The van der Waals surface area contributed by atoms with Gasteiger partial charge in [-0.2, -0.15) is 0 Å². The van der Waals surface area contributed by atoms with Gasteiger partial charge < -0.3 is 19.9 Å². The van der Waals surface area contributed by atoms with Gasteiger partial charge in [0.15, 0.2) is 0 Å². The fourth-order valence-electron chi connectivity index (χ4n) is 2.83. The molecule has 0 spiro atoms. The highest BCUT2D eigenvalue weighted by Crippen LogP contribution is 2.23. The first-order valence-corrected chi connectivity index (χ1v) is 7.14. The number of hydrogen-bond donors (Lipinski definition) is 1. The van der Waals surface area contributed by atoms with Crippen LogP contribution in [0.25, 0.3) is 0 Å². The fourth-order valence-corrected chi connectivity index (χ4v) is 2.83. The summed E-state index contributed by atoms with van der Waals surface area (Å²) in [6, 6.07) is 8.10. The quantitative estimate of drug-likeness (QED) is 0.808. The molecule has 5 nitrogen and oxygen atoms in total. The highest BCUT2D eigenvalue weighted by molar-refractivity contribution is 5.82. The van der Waals surface area contributed by atoms with Crippen LogP contribution in [0.3, 0.4) is 0 Å². The first-order chi connectivity index (χ1) is 9.75. The lowest BCUT2D eigenvalue weighted by molar-refractivity contribution is -0.136. The summed E-state index contributed by atoms with van der Waals surface area (Å²) < 4.78 is 5.40. The Balaban J connectivity index is 1.77. The van der Waals surface area contributed by atoms with Crippen LogP contribution in [0, 0.1) is 0 Å². The Morgan fingerprint density at radius 1 is 1.35 bits per heavy atom. The summed E-state index contributed by atoms with van der Waals surface area (Å²) in [6.45, 7) is 4.21. The monoisotopic (exact) mass is 275 g/mol. The van der Waals surface area contributed by atoms with Crippen molar-refractivity contribution in [1.29, 1.82) is 0 Å². The smallest absolute Gasteiger partial charge is 0.242 e. The maximum atomic E-state index is 12.6. The molecular formula is C15H21N3O2. The Labute approximate surface area is 119 Å². The van der Waals surface area contributed by atoms with E-state index in [1.54, 1.807) is 0 Å². The predicted molar refractivity (Wildman–Crippen MR) is 77.7 cm³/mol. The van der Waals surface area contributed by atoms with E-state index >= 15 is 0 Å². The minimum Gasteiger partial charge on any atom is -0.378 e. The van der Waals surface area contributed by atoms with Crippen LogP contribution in [0.15, 0.2) is 24.3 Å². The van der Waals surface area contributed by atoms with Gasteiger partial charge >= 0.3 is 0 Å². The van der Waals surface area contributed by atoms with E-state index in [2.05, 4.69) is 29.4 Å². The van der Waals surface area contributed by atoms with Gasteiger partial charge in [0, 0.05) is 38.9 Å². The summed E-state index contributed by atoms with van der Waals surface area (Å²) in [5.74, 6) is 0.148. The average Bonchev–Trinajstić information content (AvgIpc) is 2.67. The van der Waals surface area contributed by atoms with Gasteiger partial charge in [-0.15, -0.1) is 0 Å². The second-order valence-corrected chi connectivity index (χ2v) is 5.39. The normalized spacial score (nSPS) is 23.1. The zero-order valence-corrected chi connectivity index (χ0v) is 11.8. The fraction of sp³-hybridized carbons (Fsp3) is 0.533. The number of anilines is 1. The third kappa shape index (κ3) is 2.64. The summed E-state index contributed by atoms with van der Waals surface area (Å²) in [5, 5.41) is 3.24. The van der Waals surface area contributed by atoms with Crippen molar-refractivity contribution in [2.75, 3.05) is 44.8 Å². The predicted octanol–water partition coefficient (Wildman–Crippen LogP) is 0.453. The minimum atomic E-state index is -0.195. The number of ether oxygens (including phenoxy) is 1. The summed E-state index contributed by atoms with van der Waals surface area (Å²) in [7, 11) is 2.08. The van der Waals surface area contributed by atoms with Crippen molar-refractivity contribution in [2.24, 2.45) is 0 Å². The van der Waals surface area contributed by atoms with Gasteiger partial charge in [-0.25, -0.2) is 0 Å². The molecule has 2 aliphatic rings. The minimum absolute atomic E-state index is 0.148. The molecule has 0 bridgehead atoms. The lowest BCUT2D eigenvalue weighted by atomic mass is 10.1. The number of benzene rings is 1. The van der Waals surface area contributed by atoms with Gasteiger partial charge in [-0.3, -0.25) is 4.79 Å². The molecule has 1 saturated heterocycles. The van der Waals surface area contributed by atoms with Crippen LogP contribution in [0.4, 0.5) is 5.69 Å². The van der Waals surface area contributed by atoms with Crippen LogP contribution >= 0.6 is 0 Å². The maximum Gasteiger partial charge on any atom is 0.242 e. The number of fused-ring (bicyclic) bond motifs is 1. The molecule has 108 valence electrons. The Morgan fingerprint density at radius 2 is 2.20 bits per heavy atom. The summed E-state index contributed by atoms with van der Waals surface area (Å²) in [6.07, 6.45) is 0. The molecule has 1 N–H and O–H groups in total. The van der Waals surface area contributed by atoms with Crippen LogP contribution in [0.5, 0.6) is 0 Å². The molecule has 0 saturated carbocycles. The molecule has 1 aromatic carbocycles. The Hall–Kier alpha value is -1.59. The van der Waals surface area contributed by atoms with Crippen LogP contribution < -0.4 is 10.2 Å². The maximum absolute atomic E-state index is 12.6.